The second-order valence-corrected chi connectivity index (χ2v) is 6.27. The van der Waals surface area contributed by atoms with Crippen molar-refractivity contribution >= 4 is 36.3 Å². The standard InChI is InChI=1S/C19H21N3O.2ClH/c1-12-19(20)22-17-10-13(6-9-18(17)23-12)11-21-16-8-7-14-4-2-3-5-15(14)16;;/h2-6,9-10,12,16,21H,7-8,11H2,1H3,(H2,20,22);2*1H. The summed E-state index contributed by atoms with van der Waals surface area (Å²) in [6.45, 7) is 2.73. The third kappa shape index (κ3) is 3.92. The number of rotatable bonds is 3. The van der Waals surface area contributed by atoms with Crippen molar-refractivity contribution < 1.29 is 4.74 Å². The van der Waals surface area contributed by atoms with E-state index in [2.05, 4.69) is 46.7 Å². The molecular formula is C19H23Cl2N3O. The molecule has 0 saturated heterocycles. The Morgan fingerprint density at radius 3 is 2.84 bits per heavy atom. The maximum absolute atomic E-state index is 5.88. The average Bonchev–Trinajstić information content (AvgIpc) is 2.97. The molecule has 4 nitrogen and oxygen atoms in total. The van der Waals surface area contributed by atoms with Crippen LogP contribution in [0.5, 0.6) is 5.75 Å². The summed E-state index contributed by atoms with van der Waals surface area (Å²) in [6, 6.07) is 15.3. The van der Waals surface area contributed by atoms with Crippen molar-refractivity contribution in [3.63, 3.8) is 0 Å². The summed E-state index contributed by atoms with van der Waals surface area (Å²) in [5, 5.41) is 3.66. The van der Waals surface area contributed by atoms with E-state index in [1.54, 1.807) is 0 Å². The molecule has 0 radical (unpaired) electrons. The highest BCUT2D eigenvalue weighted by Gasteiger charge is 2.22. The van der Waals surface area contributed by atoms with E-state index in [4.69, 9.17) is 10.5 Å². The van der Waals surface area contributed by atoms with Crippen molar-refractivity contribution in [1.82, 2.24) is 5.32 Å². The minimum atomic E-state index is -0.151. The van der Waals surface area contributed by atoms with Crippen LogP contribution in [0, 0.1) is 0 Å². The monoisotopic (exact) mass is 379 g/mol. The summed E-state index contributed by atoms with van der Waals surface area (Å²) >= 11 is 0. The smallest absolute Gasteiger partial charge is 0.153 e. The predicted octanol–water partition coefficient (Wildman–Crippen LogP) is 4.08. The minimum absolute atomic E-state index is 0. The lowest BCUT2D eigenvalue weighted by Crippen LogP contribution is -2.33. The summed E-state index contributed by atoms with van der Waals surface area (Å²) in [5.74, 6) is 1.34. The highest BCUT2D eigenvalue weighted by atomic mass is 35.5. The van der Waals surface area contributed by atoms with Gasteiger partial charge >= 0.3 is 0 Å². The first-order valence-corrected chi connectivity index (χ1v) is 8.15. The summed E-state index contributed by atoms with van der Waals surface area (Å²) in [6.07, 6.45) is 2.17. The first-order valence-electron chi connectivity index (χ1n) is 8.15. The van der Waals surface area contributed by atoms with Crippen LogP contribution in [0.1, 0.15) is 36.1 Å². The zero-order valence-electron chi connectivity index (χ0n) is 14.1. The second kappa shape index (κ2) is 8.09. The number of amidine groups is 1. The fourth-order valence-corrected chi connectivity index (χ4v) is 3.35. The molecule has 2 aliphatic rings. The molecule has 134 valence electrons. The lowest BCUT2D eigenvalue weighted by Gasteiger charge is -2.21. The number of hydrogen-bond acceptors (Lipinski definition) is 4. The Balaban J connectivity index is 0.00000113. The zero-order chi connectivity index (χ0) is 15.8. The van der Waals surface area contributed by atoms with E-state index >= 15 is 0 Å². The Morgan fingerprint density at radius 2 is 2.00 bits per heavy atom. The van der Waals surface area contributed by atoms with Crippen LogP contribution in [0.15, 0.2) is 47.5 Å². The zero-order valence-corrected chi connectivity index (χ0v) is 15.7. The molecule has 0 amide bonds. The van der Waals surface area contributed by atoms with Gasteiger partial charge in [0.2, 0.25) is 0 Å². The number of nitrogens with zero attached hydrogens (tertiary/aromatic N) is 1. The van der Waals surface area contributed by atoms with Crippen LogP contribution in [0.3, 0.4) is 0 Å². The van der Waals surface area contributed by atoms with Gasteiger partial charge in [-0.15, -0.1) is 24.8 Å². The Hall–Kier alpha value is -1.75. The lowest BCUT2D eigenvalue weighted by atomic mass is 10.1. The molecule has 2 aromatic carbocycles. The van der Waals surface area contributed by atoms with Gasteiger partial charge in [-0.25, -0.2) is 4.99 Å². The summed E-state index contributed by atoms with van der Waals surface area (Å²) < 4.78 is 5.75. The molecule has 25 heavy (non-hydrogen) atoms. The predicted molar refractivity (Wildman–Crippen MR) is 107 cm³/mol. The maximum atomic E-state index is 5.88. The second-order valence-electron chi connectivity index (χ2n) is 6.27. The van der Waals surface area contributed by atoms with E-state index < -0.39 is 0 Å². The van der Waals surface area contributed by atoms with Crippen LogP contribution in [-0.4, -0.2) is 11.9 Å². The van der Waals surface area contributed by atoms with E-state index in [1.807, 2.05) is 13.0 Å². The molecule has 1 heterocycles. The Bertz CT molecular complexity index is 779. The van der Waals surface area contributed by atoms with Crippen LogP contribution in [0.4, 0.5) is 5.69 Å². The van der Waals surface area contributed by atoms with Gasteiger partial charge in [0.15, 0.2) is 6.10 Å². The number of nitrogens with two attached hydrogens (primary N) is 1. The van der Waals surface area contributed by atoms with Gasteiger partial charge in [0.25, 0.3) is 0 Å². The molecule has 0 fully saturated rings. The first-order chi connectivity index (χ1) is 11.2. The number of hydrogen-bond donors (Lipinski definition) is 2. The van der Waals surface area contributed by atoms with Crippen molar-refractivity contribution in [1.29, 1.82) is 0 Å². The van der Waals surface area contributed by atoms with Crippen molar-refractivity contribution in [3.05, 3.63) is 59.2 Å². The molecule has 4 rings (SSSR count). The lowest BCUT2D eigenvalue weighted by molar-refractivity contribution is 0.281. The third-order valence-corrected chi connectivity index (χ3v) is 4.68. The van der Waals surface area contributed by atoms with Crippen molar-refractivity contribution in [2.75, 3.05) is 0 Å². The van der Waals surface area contributed by atoms with Crippen LogP contribution in [0.25, 0.3) is 0 Å². The SMILES string of the molecule is CC1Oc2ccc(CNC3CCc4ccccc43)cc2N=C1N.Cl.Cl. The number of halogens is 2. The normalized spacial score (nSPS) is 20.3. The van der Waals surface area contributed by atoms with Gasteiger partial charge in [0, 0.05) is 12.6 Å². The van der Waals surface area contributed by atoms with Crippen LogP contribution in [-0.2, 0) is 13.0 Å². The summed E-state index contributed by atoms with van der Waals surface area (Å²) in [4.78, 5) is 4.44. The van der Waals surface area contributed by atoms with E-state index in [0.29, 0.717) is 11.9 Å². The highest BCUT2D eigenvalue weighted by molar-refractivity contribution is 5.89. The summed E-state index contributed by atoms with van der Waals surface area (Å²) in [7, 11) is 0. The molecule has 1 aliphatic carbocycles. The quantitative estimate of drug-likeness (QED) is 0.844. The van der Waals surface area contributed by atoms with Gasteiger partial charge in [-0.2, -0.15) is 0 Å². The van der Waals surface area contributed by atoms with Crippen molar-refractivity contribution in [2.24, 2.45) is 10.7 Å². The Kier molecular flexibility index (Phi) is 6.33. The van der Waals surface area contributed by atoms with Crippen molar-refractivity contribution in [2.45, 2.75) is 38.5 Å². The molecule has 2 atom stereocenters. The molecular weight excluding hydrogens is 357 g/mol. The number of nitrogens with one attached hydrogen (secondary N) is 1. The van der Waals surface area contributed by atoms with Gasteiger partial charge in [-0.1, -0.05) is 30.3 Å². The molecule has 0 saturated carbocycles. The average molecular weight is 380 g/mol. The summed E-state index contributed by atoms with van der Waals surface area (Å²) in [5.41, 5.74) is 10.8. The number of ether oxygens (including phenoxy) is 1. The number of aryl methyl sites for hydroxylation is 1. The first kappa shape index (κ1) is 19.6. The largest absolute Gasteiger partial charge is 0.481 e. The number of fused-ring (bicyclic) bond motifs is 2. The Morgan fingerprint density at radius 1 is 1.20 bits per heavy atom. The van der Waals surface area contributed by atoms with Crippen molar-refractivity contribution in [3.8, 4) is 5.75 Å². The molecule has 0 aromatic heterocycles. The van der Waals surface area contributed by atoms with E-state index in [-0.39, 0.29) is 30.9 Å². The van der Waals surface area contributed by atoms with Crippen LogP contribution < -0.4 is 15.8 Å². The highest BCUT2D eigenvalue weighted by Crippen LogP contribution is 2.34. The maximum Gasteiger partial charge on any atom is 0.153 e. The van der Waals surface area contributed by atoms with Crippen LogP contribution in [0.2, 0.25) is 0 Å². The topological polar surface area (TPSA) is 59.6 Å². The van der Waals surface area contributed by atoms with Gasteiger partial charge in [0.1, 0.15) is 17.3 Å². The van der Waals surface area contributed by atoms with Gasteiger partial charge < -0.3 is 15.8 Å². The van der Waals surface area contributed by atoms with Gasteiger partial charge in [-0.3, -0.25) is 0 Å². The van der Waals surface area contributed by atoms with Crippen LogP contribution >= 0.6 is 24.8 Å². The fourth-order valence-electron chi connectivity index (χ4n) is 3.35. The van der Waals surface area contributed by atoms with E-state index in [0.717, 1.165) is 30.8 Å². The fraction of sp³-hybridized carbons (Fsp3) is 0.316. The molecule has 2 aromatic rings. The third-order valence-electron chi connectivity index (χ3n) is 4.68. The van der Waals surface area contributed by atoms with E-state index in [9.17, 15) is 0 Å². The molecule has 1 aliphatic heterocycles. The van der Waals surface area contributed by atoms with E-state index in [1.165, 1.54) is 16.7 Å². The molecule has 6 heteroatoms. The minimum Gasteiger partial charge on any atom is -0.481 e. The number of benzene rings is 2. The molecule has 0 bridgehead atoms. The molecule has 0 spiro atoms. The molecule has 2 unspecified atom stereocenters. The molecule has 3 N–H and O–H groups in total. The number of aliphatic imine (C=N–C) groups is 1. The Labute approximate surface area is 160 Å². The van der Waals surface area contributed by atoms with Gasteiger partial charge in [0.05, 0.1) is 0 Å². The van der Waals surface area contributed by atoms with Gasteiger partial charge in [-0.05, 0) is 48.6 Å².